The Morgan fingerprint density at radius 2 is 2.05 bits per heavy atom. The number of nitrogens with two attached hydrogens (primary N) is 1. The van der Waals surface area contributed by atoms with E-state index in [1.54, 1.807) is 6.26 Å². The summed E-state index contributed by atoms with van der Waals surface area (Å²) in [4.78, 5) is 0. The lowest BCUT2D eigenvalue weighted by molar-refractivity contribution is 0.605. The van der Waals surface area contributed by atoms with Crippen LogP contribution in [0.1, 0.15) is 17.2 Å². The highest BCUT2D eigenvalue weighted by Gasteiger charge is 2.15. The third-order valence-electron chi connectivity index (χ3n) is 3.51. The molecule has 1 aromatic heterocycles. The van der Waals surface area contributed by atoms with Crippen LogP contribution in [0.15, 0.2) is 57.6 Å². The number of hydrogen-bond donors (Lipinski definition) is 2. The summed E-state index contributed by atoms with van der Waals surface area (Å²) in [5.41, 5.74) is 10.2. The van der Waals surface area contributed by atoms with E-state index in [9.17, 15) is 0 Å². The number of para-hydroxylation sites is 1. The molecular formula is C17H17BrN2O. The maximum atomic E-state index is 5.96. The summed E-state index contributed by atoms with van der Waals surface area (Å²) in [6.07, 6.45) is 1.79. The second kappa shape index (κ2) is 5.92. The summed E-state index contributed by atoms with van der Waals surface area (Å²) in [6.45, 7) is 2.57. The van der Waals surface area contributed by atoms with E-state index in [0.29, 0.717) is 6.54 Å². The number of furan rings is 1. The van der Waals surface area contributed by atoms with Gasteiger partial charge in [0.25, 0.3) is 0 Å². The average molecular weight is 345 g/mol. The van der Waals surface area contributed by atoms with Crippen molar-refractivity contribution in [3.63, 3.8) is 0 Å². The van der Waals surface area contributed by atoms with Crippen LogP contribution in [0, 0.1) is 6.92 Å². The van der Waals surface area contributed by atoms with Crippen molar-refractivity contribution >= 4 is 32.6 Å². The number of rotatable bonds is 4. The Morgan fingerprint density at radius 3 is 2.81 bits per heavy atom. The predicted molar refractivity (Wildman–Crippen MR) is 90.5 cm³/mol. The van der Waals surface area contributed by atoms with Gasteiger partial charge in [-0.1, -0.05) is 34.1 Å². The SMILES string of the molecule is Cc1cc(Br)cc(NC(CN)c2coc3ccccc23)c1. The Balaban J connectivity index is 1.95. The van der Waals surface area contributed by atoms with Gasteiger partial charge < -0.3 is 15.5 Å². The maximum absolute atomic E-state index is 5.96. The molecule has 3 aromatic rings. The Kier molecular flexibility index (Phi) is 3.99. The number of fused-ring (bicyclic) bond motifs is 1. The molecule has 0 aliphatic heterocycles. The Bertz CT molecular complexity index is 746. The monoisotopic (exact) mass is 344 g/mol. The lowest BCUT2D eigenvalue weighted by Gasteiger charge is -2.18. The Morgan fingerprint density at radius 1 is 1.24 bits per heavy atom. The molecule has 4 heteroatoms. The fourth-order valence-corrected chi connectivity index (χ4v) is 3.16. The van der Waals surface area contributed by atoms with Crippen molar-refractivity contribution in [2.45, 2.75) is 13.0 Å². The molecule has 1 heterocycles. The lowest BCUT2D eigenvalue weighted by atomic mass is 10.1. The van der Waals surface area contributed by atoms with Gasteiger partial charge in [0.1, 0.15) is 5.58 Å². The standard InChI is InChI=1S/C17H17BrN2O/c1-11-6-12(18)8-13(7-11)20-16(9-19)15-10-21-17-5-3-2-4-14(15)17/h2-8,10,16,20H,9,19H2,1H3. The molecule has 0 fully saturated rings. The number of hydrogen-bond acceptors (Lipinski definition) is 3. The zero-order chi connectivity index (χ0) is 14.8. The molecule has 2 aromatic carbocycles. The fraction of sp³-hybridized carbons (Fsp3) is 0.176. The molecule has 3 nitrogen and oxygen atoms in total. The second-order valence-electron chi connectivity index (χ2n) is 5.14. The zero-order valence-electron chi connectivity index (χ0n) is 11.8. The third-order valence-corrected chi connectivity index (χ3v) is 3.96. The van der Waals surface area contributed by atoms with Gasteiger partial charge in [0.2, 0.25) is 0 Å². The zero-order valence-corrected chi connectivity index (χ0v) is 13.4. The molecule has 1 atom stereocenters. The quantitative estimate of drug-likeness (QED) is 0.726. The highest BCUT2D eigenvalue weighted by atomic mass is 79.9. The van der Waals surface area contributed by atoms with Crippen molar-refractivity contribution in [2.24, 2.45) is 5.73 Å². The van der Waals surface area contributed by atoms with Gasteiger partial charge in [-0.15, -0.1) is 0 Å². The van der Waals surface area contributed by atoms with Crippen LogP contribution in [0.2, 0.25) is 0 Å². The van der Waals surface area contributed by atoms with Crippen molar-refractivity contribution in [3.05, 3.63) is 64.3 Å². The van der Waals surface area contributed by atoms with Crippen LogP contribution in [0.25, 0.3) is 11.0 Å². The molecule has 108 valence electrons. The van der Waals surface area contributed by atoms with Crippen molar-refractivity contribution in [1.82, 2.24) is 0 Å². The van der Waals surface area contributed by atoms with Crippen LogP contribution in [0.3, 0.4) is 0 Å². The van der Waals surface area contributed by atoms with Gasteiger partial charge in [0.15, 0.2) is 0 Å². The topological polar surface area (TPSA) is 51.2 Å². The minimum Gasteiger partial charge on any atom is -0.464 e. The number of nitrogens with one attached hydrogen (secondary N) is 1. The van der Waals surface area contributed by atoms with Gasteiger partial charge >= 0.3 is 0 Å². The van der Waals surface area contributed by atoms with E-state index in [0.717, 1.165) is 26.7 Å². The van der Waals surface area contributed by atoms with Crippen LogP contribution >= 0.6 is 15.9 Å². The summed E-state index contributed by atoms with van der Waals surface area (Å²) in [5.74, 6) is 0. The van der Waals surface area contributed by atoms with E-state index < -0.39 is 0 Å². The molecule has 0 spiro atoms. The van der Waals surface area contributed by atoms with Crippen LogP contribution < -0.4 is 11.1 Å². The van der Waals surface area contributed by atoms with Crippen molar-refractivity contribution in [1.29, 1.82) is 0 Å². The second-order valence-corrected chi connectivity index (χ2v) is 6.05. The van der Waals surface area contributed by atoms with E-state index >= 15 is 0 Å². The molecule has 21 heavy (non-hydrogen) atoms. The van der Waals surface area contributed by atoms with Crippen molar-refractivity contribution in [2.75, 3.05) is 11.9 Å². The molecule has 0 aliphatic rings. The van der Waals surface area contributed by atoms with Crippen molar-refractivity contribution in [3.8, 4) is 0 Å². The first kappa shape index (κ1) is 14.2. The molecule has 3 rings (SSSR count). The third kappa shape index (κ3) is 2.96. The van der Waals surface area contributed by atoms with Crippen LogP contribution in [-0.4, -0.2) is 6.54 Å². The Hall–Kier alpha value is -1.78. The molecule has 0 saturated carbocycles. The van der Waals surface area contributed by atoms with Crippen molar-refractivity contribution < 1.29 is 4.42 Å². The van der Waals surface area contributed by atoms with Gasteiger partial charge in [-0.25, -0.2) is 0 Å². The van der Waals surface area contributed by atoms with E-state index in [1.165, 1.54) is 5.56 Å². The minimum absolute atomic E-state index is 0.0161. The minimum atomic E-state index is 0.0161. The molecule has 0 aliphatic carbocycles. The van der Waals surface area contributed by atoms with Crippen LogP contribution in [0.5, 0.6) is 0 Å². The smallest absolute Gasteiger partial charge is 0.134 e. The van der Waals surface area contributed by atoms with Gasteiger partial charge in [0.05, 0.1) is 12.3 Å². The summed E-state index contributed by atoms with van der Waals surface area (Å²) < 4.78 is 6.67. The Labute approximate surface area is 132 Å². The summed E-state index contributed by atoms with van der Waals surface area (Å²) in [6, 6.07) is 14.3. The van der Waals surface area contributed by atoms with E-state index in [2.05, 4.69) is 52.4 Å². The summed E-state index contributed by atoms with van der Waals surface area (Å²) in [5, 5.41) is 4.59. The highest BCUT2D eigenvalue weighted by molar-refractivity contribution is 9.10. The maximum Gasteiger partial charge on any atom is 0.134 e. The highest BCUT2D eigenvalue weighted by Crippen LogP contribution is 2.29. The first-order chi connectivity index (χ1) is 10.2. The largest absolute Gasteiger partial charge is 0.464 e. The number of benzene rings is 2. The molecule has 0 bridgehead atoms. The molecule has 0 saturated heterocycles. The number of halogens is 1. The molecular weight excluding hydrogens is 328 g/mol. The van der Waals surface area contributed by atoms with E-state index in [-0.39, 0.29) is 6.04 Å². The number of aryl methyl sites for hydroxylation is 1. The lowest BCUT2D eigenvalue weighted by Crippen LogP contribution is -2.20. The predicted octanol–water partition coefficient (Wildman–Crippen LogP) is 4.62. The van der Waals surface area contributed by atoms with Gasteiger partial charge in [0, 0.05) is 27.7 Å². The first-order valence-electron chi connectivity index (χ1n) is 6.87. The van der Waals surface area contributed by atoms with E-state index in [1.807, 2.05) is 18.2 Å². The fourth-order valence-electron chi connectivity index (χ4n) is 2.55. The molecule has 0 amide bonds. The van der Waals surface area contributed by atoms with Crippen LogP contribution in [-0.2, 0) is 0 Å². The summed E-state index contributed by atoms with van der Waals surface area (Å²) in [7, 11) is 0. The van der Waals surface area contributed by atoms with Crippen LogP contribution in [0.4, 0.5) is 5.69 Å². The van der Waals surface area contributed by atoms with E-state index in [4.69, 9.17) is 10.2 Å². The normalized spacial score (nSPS) is 12.5. The molecule has 1 unspecified atom stereocenters. The number of anilines is 1. The molecule has 3 N–H and O–H groups in total. The van der Waals surface area contributed by atoms with Gasteiger partial charge in [-0.05, 0) is 36.8 Å². The first-order valence-corrected chi connectivity index (χ1v) is 7.66. The average Bonchev–Trinajstić information content (AvgIpc) is 2.87. The van der Waals surface area contributed by atoms with Gasteiger partial charge in [-0.3, -0.25) is 0 Å². The van der Waals surface area contributed by atoms with Gasteiger partial charge in [-0.2, -0.15) is 0 Å². The molecule has 0 radical (unpaired) electrons. The summed E-state index contributed by atoms with van der Waals surface area (Å²) >= 11 is 3.52.